The van der Waals surface area contributed by atoms with E-state index >= 15 is 0 Å². The Hall–Kier alpha value is -3.00. The van der Waals surface area contributed by atoms with Gasteiger partial charge in [0, 0.05) is 23.7 Å². The minimum absolute atomic E-state index is 0.0353. The van der Waals surface area contributed by atoms with E-state index in [1.54, 1.807) is 6.21 Å². The highest BCUT2D eigenvalue weighted by molar-refractivity contribution is 7.18. The van der Waals surface area contributed by atoms with Crippen molar-refractivity contribution in [2.45, 2.75) is 39.5 Å². The van der Waals surface area contributed by atoms with Gasteiger partial charge in [-0.3, -0.25) is 9.59 Å². The van der Waals surface area contributed by atoms with Crippen molar-refractivity contribution in [3.8, 4) is 0 Å². The van der Waals surface area contributed by atoms with Crippen LogP contribution < -0.4 is 15.9 Å². The number of hydrazone groups is 1. The molecule has 0 bridgehead atoms. The maximum Gasteiger partial charge on any atom is 0.259 e. The van der Waals surface area contributed by atoms with E-state index in [2.05, 4.69) is 37.5 Å². The van der Waals surface area contributed by atoms with E-state index in [1.165, 1.54) is 36.3 Å². The molecule has 0 atom stereocenters. The second-order valence-corrected chi connectivity index (χ2v) is 8.79. The summed E-state index contributed by atoms with van der Waals surface area (Å²) in [6.45, 7) is 6.08. The number of hydrogen-bond acceptors (Lipinski definition) is 6. The molecule has 1 aliphatic rings. The van der Waals surface area contributed by atoms with Gasteiger partial charge in [-0.25, -0.2) is 10.4 Å². The summed E-state index contributed by atoms with van der Waals surface area (Å²) in [5.41, 5.74) is 5.37. The number of aromatic nitrogens is 2. The molecule has 1 saturated heterocycles. The van der Waals surface area contributed by atoms with Crippen LogP contribution in [0.25, 0.3) is 10.2 Å². The summed E-state index contributed by atoms with van der Waals surface area (Å²) in [6.07, 6.45) is 5.38. The molecule has 4 rings (SSSR count). The van der Waals surface area contributed by atoms with Gasteiger partial charge in [-0.15, -0.1) is 11.3 Å². The Bertz CT molecular complexity index is 1140. The van der Waals surface area contributed by atoms with Crippen LogP contribution in [-0.2, 0) is 11.2 Å². The predicted molar refractivity (Wildman–Crippen MR) is 122 cm³/mol. The van der Waals surface area contributed by atoms with Crippen molar-refractivity contribution in [2.75, 3.05) is 18.0 Å². The second-order valence-electron chi connectivity index (χ2n) is 7.59. The van der Waals surface area contributed by atoms with Crippen LogP contribution in [0.2, 0.25) is 0 Å². The third-order valence-electron chi connectivity index (χ3n) is 5.43. The highest BCUT2D eigenvalue weighted by Gasteiger charge is 2.13. The minimum Gasteiger partial charge on any atom is -0.372 e. The molecule has 1 amide bonds. The monoisotopic (exact) mass is 423 g/mol. The smallest absolute Gasteiger partial charge is 0.259 e. The van der Waals surface area contributed by atoms with E-state index in [9.17, 15) is 9.59 Å². The first-order chi connectivity index (χ1) is 14.5. The molecule has 1 aliphatic heterocycles. The average Bonchev–Trinajstić information content (AvgIpc) is 3.03. The second kappa shape index (κ2) is 8.79. The SMILES string of the molecule is Cc1sc2nc(CC(=O)N/N=C\c3ccc(N4CCCCC4)cc3)[nH]c(=O)c2c1C. The number of H-pyrrole nitrogens is 1. The van der Waals surface area contributed by atoms with Gasteiger partial charge in [-0.2, -0.15) is 5.10 Å². The standard InChI is InChI=1S/C22H25N5O2S/c1-14-15(2)30-22-20(14)21(29)24-18(25-22)12-19(28)26-23-13-16-6-8-17(9-7-16)27-10-4-3-5-11-27/h6-9,13H,3-5,10-12H2,1-2H3,(H,26,28)(H,24,25,29)/b23-13-. The number of carbonyl (C=O) groups excluding carboxylic acids is 1. The Morgan fingerprint density at radius 2 is 1.97 bits per heavy atom. The molecular weight excluding hydrogens is 398 g/mol. The molecule has 0 spiro atoms. The van der Waals surface area contributed by atoms with Crippen molar-refractivity contribution in [1.29, 1.82) is 0 Å². The highest BCUT2D eigenvalue weighted by Crippen LogP contribution is 2.25. The Morgan fingerprint density at radius 1 is 1.23 bits per heavy atom. The van der Waals surface area contributed by atoms with E-state index in [0.717, 1.165) is 29.1 Å². The van der Waals surface area contributed by atoms with Crippen LogP contribution in [-0.4, -0.2) is 35.2 Å². The van der Waals surface area contributed by atoms with E-state index < -0.39 is 0 Å². The minimum atomic E-state index is -0.330. The van der Waals surface area contributed by atoms with Crippen LogP contribution in [0.15, 0.2) is 34.2 Å². The first-order valence-electron chi connectivity index (χ1n) is 10.2. The Kier molecular flexibility index (Phi) is 5.94. The third-order valence-corrected chi connectivity index (χ3v) is 6.53. The fraction of sp³-hybridized carbons (Fsp3) is 0.364. The summed E-state index contributed by atoms with van der Waals surface area (Å²) >= 11 is 1.46. The number of rotatable bonds is 5. The van der Waals surface area contributed by atoms with Gasteiger partial charge in [-0.05, 0) is 56.4 Å². The van der Waals surface area contributed by atoms with E-state index in [1.807, 2.05) is 26.0 Å². The number of aromatic amines is 1. The zero-order valence-electron chi connectivity index (χ0n) is 17.2. The molecule has 2 N–H and O–H groups in total. The summed E-state index contributed by atoms with van der Waals surface area (Å²) in [6, 6.07) is 8.16. The van der Waals surface area contributed by atoms with Crippen molar-refractivity contribution in [1.82, 2.24) is 15.4 Å². The van der Waals surface area contributed by atoms with Gasteiger partial charge in [0.2, 0.25) is 5.91 Å². The van der Waals surface area contributed by atoms with Crippen molar-refractivity contribution >= 4 is 39.4 Å². The number of nitrogens with one attached hydrogen (secondary N) is 2. The number of benzene rings is 1. The van der Waals surface area contributed by atoms with E-state index in [-0.39, 0.29) is 17.9 Å². The van der Waals surface area contributed by atoms with Crippen molar-refractivity contribution < 1.29 is 4.79 Å². The van der Waals surface area contributed by atoms with E-state index in [0.29, 0.717) is 16.0 Å². The van der Waals surface area contributed by atoms with Crippen LogP contribution in [0.4, 0.5) is 5.69 Å². The maximum atomic E-state index is 12.3. The molecule has 0 aliphatic carbocycles. The lowest BCUT2D eigenvalue weighted by molar-refractivity contribution is -0.120. The summed E-state index contributed by atoms with van der Waals surface area (Å²) in [4.78, 5) is 35.7. The van der Waals surface area contributed by atoms with Crippen LogP contribution in [0.5, 0.6) is 0 Å². The Labute approximate surface area is 178 Å². The van der Waals surface area contributed by atoms with Gasteiger partial charge in [-0.1, -0.05) is 12.1 Å². The topological polar surface area (TPSA) is 90.4 Å². The zero-order chi connectivity index (χ0) is 21.1. The first kappa shape index (κ1) is 20.3. The molecule has 3 heterocycles. The van der Waals surface area contributed by atoms with Gasteiger partial charge < -0.3 is 9.88 Å². The van der Waals surface area contributed by atoms with Crippen LogP contribution in [0.1, 0.15) is 41.1 Å². The van der Waals surface area contributed by atoms with Gasteiger partial charge >= 0.3 is 0 Å². The number of hydrogen-bond donors (Lipinski definition) is 2. The van der Waals surface area contributed by atoms with Crippen molar-refractivity contribution in [3.05, 3.63) is 56.4 Å². The number of piperidine rings is 1. The number of aryl methyl sites for hydroxylation is 2. The van der Waals surface area contributed by atoms with E-state index in [4.69, 9.17) is 0 Å². The molecule has 156 valence electrons. The summed E-state index contributed by atoms with van der Waals surface area (Å²) in [5.74, 6) is 0.0102. The molecule has 8 heteroatoms. The molecule has 7 nitrogen and oxygen atoms in total. The molecule has 1 aromatic carbocycles. The van der Waals surface area contributed by atoms with Crippen molar-refractivity contribution in [2.24, 2.45) is 5.10 Å². The lowest BCUT2D eigenvalue weighted by atomic mass is 10.1. The first-order valence-corrected chi connectivity index (χ1v) is 11.0. The van der Waals surface area contributed by atoms with Crippen LogP contribution in [0, 0.1) is 13.8 Å². The lowest BCUT2D eigenvalue weighted by Crippen LogP contribution is -2.29. The van der Waals surface area contributed by atoms with Gasteiger partial charge in [0.15, 0.2) is 0 Å². The largest absolute Gasteiger partial charge is 0.372 e. The normalized spacial score (nSPS) is 14.5. The number of nitrogens with zero attached hydrogens (tertiary/aromatic N) is 3. The summed E-state index contributed by atoms with van der Waals surface area (Å²) in [5, 5.41) is 4.63. The number of thiophene rings is 1. The molecule has 0 radical (unpaired) electrons. The number of amides is 1. The molecule has 0 unspecified atom stereocenters. The number of fused-ring (bicyclic) bond motifs is 1. The molecule has 2 aromatic heterocycles. The van der Waals surface area contributed by atoms with Crippen LogP contribution >= 0.6 is 11.3 Å². The highest BCUT2D eigenvalue weighted by atomic mass is 32.1. The zero-order valence-corrected chi connectivity index (χ0v) is 18.0. The molecule has 30 heavy (non-hydrogen) atoms. The molecule has 3 aromatic rings. The average molecular weight is 424 g/mol. The lowest BCUT2D eigenvalue weighted by Gasteiger charge is -2.28. The van der Waals surface area contributed by atoms with Crippen molar-refractivity contribution in [3.63, 3.8) is 0 Å². The predicted octanol–water partition coefficient (Wildman–Crippen LogP) is 3.28. The number of carbonyl (C=O) groups is 1. The van der Waals surface area contributed by atoms with Gasteiger partial charge in [0.05, 0.1) is 18.0 Å². The van der Waals surface area contributed by atoms with Gasteiger partial charge in [0.25, 0.3) is 5.56 Å². The van der Waals surface area contributed by atoms with Gasteiger partial charge in [0.1, 0.15) is 10.7 Å². The number of anilines is 1. The Morgan fingerprint density at radius 3 is 2.70 bits per heavy atom. The molecular formula is C22H25N5O2S. The summed E-state index contributed by atoms with van der Waals surface area (Å²) < 4.78 is 0. The molecule has 0 saturated carbocycles. The summed E-state index contributed by atoms with van der Waals surface area (Å²) in [7, 11) is 0. The third kappa shape index (κ3) is 4.43. The quantitative estimate of drug-likeness (QED) is 0.487. The fourth-order valence-electron chi connectivity index (χ4n) is 3.68. The fourth-order valence-corrected chi connectivity index (χ4v) is 4.73. The Balaban J connectivity index is 1.36. The molecule has 1 fully saturated rings. The van der Waals surface area contributed by atoms with Crippen LogP contribution in [0.3, 0.4) is 0 Å². The maximum absolute atomic E-state index is 12.3.